The van der Waals surface area contributed by atoms with Crippen LogP contribution >= 0.6 is 0 Å². The minimum atomic E-state index is -0.613. The minimum absolute atomic E-state index is 0.150. The Morgan fingerprint density at radius 2 is 2.33 bits per heavy atom. The average Bonchev–Trinajstić information content (AvgIpc) is 2.79. The van der Waals surface area contributed by atoms with Crippen molar-refractivity contribution in [2.45, 2.75) is 44.8 Å². The summed E-state index contributed by atoms with van der Waals surface area (Å²) in [4.78, 5) is 25.1. The van der Waals surface area contributed by atoms with Crippen molar-refractivity contribution in [3.63, 3.8) is 0 Å². The summed E-state index contributed by atoms with van der Waals surface area (Å²) < 4.78 is 5.35. The van der Waals surface area contributed by atoms with Crippen LogP contribution in [0.25, 0.3) is 0 Å². The molecule has 2 saturated carbocycles. The molecule has 3 atom stereocenters. The predicted molar refractivity (Wildman–Crippen MR) is 61.2 cm³/mol. The maximum absolute atomic E-state index is 12.0. The monoisotopic (exact) mass is 252 g/mol. The van der Waals surface area contributed by atoms with Gasteiger partial charge >= 0.3 is 6.09 Å². The minimum Gasteiger partial charge on any atom is -0.443 e. The largest absolute Gasteiger partial charge is 0.443 e. The first-order chi connectivity index (χ1) is 8.45. The molecule has 1 aliphatic heterocycles. The molecule has 6 nitrogen and oxygen atoms in total. The molecule has 18 heavy (non-hydrogen) atoms. The van der Waals surface area contributed by atoms with Crippen molar-refractivity contribution < 1.29 is 19.5 Å². The Morgan fingerprint density at radius 3 is 2.94 bits per heavy atom. The number of carbonyl (C=O) groups is 2. The second kappa shape index (κ2) is 3.24. The molecular weight excluding hydrogens is 236 g/mol. The highest BCUT2D eigenvalue weighted by molar-refractivity contribution is 6.29. The van der Waals surface area contributed by atoms with Crippen LogP contribution in [0.2, 0.25) is 0 Å². The van der Waals surface area contributed by atoms with E-state index in [9.17, 15) is 9.59 Å². The lowest BCUT2D eigenvalue weighted by Crippen LogP contribution is -2.57. The Kier molecular flexibility index (Phi) is 2.07. The molecule has 3 aliphatic rings. The van der Waals surface area contributed by atoms with Gasteiger partial charge in [0.05, 0.1) is 5.54 Å². The van der Waals surface area contributed by atoms with Crippen molar-refractivity contribution in [2.75, 3.05) is 0 Å². The van der Waals surface area contributed by atoms with Gasteiger partial charge in [0.15, 0.2) is 0 Å². The van der Waals surface area contributed by atoms with E-state index in [0.717, 1.165) is 25.5 Å². The molecule has 1 N–H and O–H groups in total. The fourth-order valence-electron chi connectivity index (χ4n) is 4.29. The number of fused-ring (bicyclic) bond motifs is 1. The fourth-order valence-corrected chi connectivity index (χ4v) is 4.29. The van der Waals surface area contributed by atoms with E-state index >= 15 is 0 Å². The van der Waals surface area contributed by atoms with Gasteiger partial charge in [0, 0.05) is 0 Å². The summed E-state index contributed by atoms with van der Waals surface area (Å²) in [7, 11) is 0. The van der Waals surface area contributed by atoms with E-state index in [2.05, 4.69) is 19.0 Å². The Balaban J connectivity index is 2.08. The fraction of sp³-hybridized carbons (Fsp3) is 0.750. The van der Waals surface area contributed by atoms with Crippen LogP contribution in [0.4, 0.5) is 4.79 Å². The van der Waals surface area contributed by atoms with Crippen molar-refractivity contribution in [2.24, 2.45) is 16.5 Å². The summed E-state index contributed by atoms with van der Waals surface area (Å²) in [6.45, 7) is 4.17. The van der Waals surface area contributed by atoms with Gasteiger partial charge in [-0.05, 0) is 30.6 Å². The summed E-state index contributed by atoms with van der Waals surface area (Å²) in [5.41, 5.74) is -0.712. The molecule has 0 aromatic rings. The van der Waals surface area contributed by atoms with Crippen LogP contribution in [0.1, 0.15) is 33.1 Å². The predicted octanol–water partition coefficient (Wildman–Crippen LogP) is 1.37. The molecular formula is C12H16N2O4. The summed E-state index contributed by atoms with van der Waals surface area (Å²) in [6, 6.07) is 0. The lowest BCUT2D eigenvalue weighted by Gasteiger charge is -2.40. The molecule has 98 valence electrons. The van der Waals surface area contributed by atoms with E-state index in [1.54, 1.807) is 0 Å². The molecule has 0 radical (unpaired) electrons. The molecule has 2 amide bonds. The van der Waals surface area contributed by atoms with E-state index in [0.29, 0.717) is 5.92 Å². The third-order valence-corrected chi connectivity index (χ3v) is 5.25. The van der Waals surface area contributed by atoms with Gasteiger partial charge in [-0.3, -0.25) is 4.79 Å². The number of amides is 2. The Hall–Kier alpha value is -1.59. The molecule has 2 bridgehead atoms. The number of carbonyl (C=O) groups excluding carboxylic acids is 2. The SMILES string of the molecule is CC1(C)[C@@H]2CC[C@@]13[C@@H](C2)OC(=O)N3C(=O)/C=N/O. The topological polar surface area (TPSA) is 79.2 Å². The van der Waals surface area contributed by atoms with Crippen LogP contribution in [-0.4, -0.2) is 40.0 Å². The third-order valence-electron chi connectivity index (χ3n) is 5.25. The maximum Gasteiger partial charge on any atom is 0.417 e. The smallest absolute Gasteiger partial charge is 0.417 e. The van der Waals surface area contributed by atoms with Crippen LogP contribution < -0.4 is 0 Å². The highest BCUT2D eigenvalue weighted by atomic mass is 16.6. The van der Waals surface area contributed by atoms with Crippen molar-refractivity contribution >= 4 is 18.2 Å². The van der Waals surface area contributed by atoms with E-state index in [1.807, 2.05) is 0 Å². The molecule has 1 heterocycles. The molecule has 0 unspecified atom stereocenters. The van der Waals surface area contributed by atoms with Crippen molar-refractivity contribution in [1.82, 2.24) is 4.90 Å². The molecule has 3 fully saturated rings. The maximum atomic E-state index is 12.0. The third kappa shape index (κ3) is 1.02. The molecule has 0 aromatic carbocycles. The van der Waals surface area contributed by atoms with Gasteiger partial charge in [-0.15, -0.1) is 0 Å². The van der Waals surface area contributed by atoms with Gasteiger partial charge in [-0.25, -0.2) is 9.69 Å². The van der Waals surface area contributed by atoms with Gasteiger partial charge in [-0.1, -0.05) is 19.0 Å². The number of nitrogens with zero attached hydrogens (tertiary/aromatic N) is 2. The molecule has 6 heteroatoms. The van der Waals surface area contributed by atoms with Gasteiger partial charge in [0.25, 0.3) is 5.91 Å². The molecule has 3 rings (SSSR count). The second-order valence-electron chi connectivity index (χ2n) is 5.91. The zero-order valence-electron chi connectivity index (χ0n) is 10.4. The highest BCUT2D eigenvalue weighted by Crippen LogP contribution is 2.65. The van der Waals surface area contributed by atoms with E-state index in [-0.39, 0.29) is 11.5 Å². The average molecular weight is 252 g/mol. The van der Waals surface area contributed by atoms with Crippen LogP contribution in [0.3, 0.4) is 0 Å². The molecule has 1 saturated heterocycles. The number of rotatable bonds is 1. The highest BCUT2D eigenvalue weighted by Gasteiger charge is 2.73. The van der Waals surface area contributed by atoms with Gasteiger partial charge < -0.3 is 9.94 Å². The van der Waals surface area contributed by atoms with Crippen molar-refractivity contribution in [3.05, 3.63) is 0 Å². The van der Waals surface area contributed by atoms with E-state index < -0.39 is 17.5 Å². The lowest BCUT2D eigenvalue weighted by molar-refractivity contribution is -0.127. The Bertz CT molecular complexity index is 459. The van der Waals surface area contributed by atoms with Gasteiger partial charge in [0.2, 0.25) is 0 Å². The number of hydrogen-bond acceptors (Lipinski definition) is 5. The molecule has 2 aliphatic carbocycles. The Labute approximate surface area is 105 Å². The normalized spacial score (nSPS) is 40.3. The van der Waals surface area contributed by atoms with Crippen LogP contribution in [0.5, 0.6) is 0 Å². The first kappa shape index (κ1) is 11.5. The van der Waals surface area contributed by atoms with E-state index in [4.69, 9.17) is 9.94 Å². The summed E-state index contributed by atoms with van der Waals surface area (Å²) in [5.74, 6) is -0.127. The summed E-state index contributed by atoms with van der Waals surface area (Å²) in [5, 5.41) is 11.2. The Morgan fingerprint density at radius 1 is 1.61 bits per heavy atom. The van der Waals surface area contributed by atoms with Crippen molar-refractivity contribution in [3.8, 4) is 0 Å². The number of ether oxygens (including phenoxy) is 1. The first-order valence-corrected chi connectivity index (χ1v) is 6.17. The zero-order chi connectivity index (χ0) is 13.1. The quantitative estimate of drug-likeness (QED) is 0.434. The summed E-state index contributed by atoms with van der Waals surface area (Å²) in [6.07, 6.45) is 2.53. The van der Waals surface area contributed by atoms with Crippen molar-refractivity contribution in [1.29, 1.82) is 0 Å². The molecule has 0 aromatic heterocycles. The standard InChI is InChI=1S/C12H16N2O4/c1-11(2)7-3-4-12(11)8(5-7)18-10(16)14(12)9(15)6-13-17/h6-8,17H,3-5H2,1-2H3/b13-6+/t7-,8-,12-/m1/s1. The second-order valence-corrected chi connectivity index (χ2v) is 5.91. The lowest BCUT2D eigenvalue weighted by atomic mass is 9.74. The van der Waals surface area contributed by atoms with Crippen LogP contribution in [0, 0.1) is 11.3 Å². The number of hydrogen-bond donors (Lipinski definition) is 1. The first-order valence-electron chi connectivity index (χ1n) is 6.17. The molecule has 1 spiro atoms. The zero-order valence-corrected chi connectivity index (χ0v) is 10.4. The summed E-state index contributed by atoms with van der Waals surface area (Å²) >= 11 is 0. The van der Waals surface area contributed by atoms with Crippen LogP contribution in [0.15, 0.2) is 5.16 Å². The van der Waals surface area contributed by atoms with Crippen LogP contribution in [-0.2, 0) is 9.53 Å². The van der Waals surface area contributed by atoms with Gasteiger partial charge in [-0.2, -0.15) is 0 Å². The van der Waals surface area contributed by atoms with E-state index in [1.165, 1.54) is 4.90 Å². The number of oxime groups is 1. The number of imide groups is 1. The van der Waals surface area contributed by atoms with Gasteiger partial charge in [0.1, 0.15) is 12.3 Å².